The molecule has 0 aromatic heterocycles. The average Bonchev–Trinajstić information content (AvgIpc) is 2.47. The van der Waals surface area contributed by atoms with Crippen molar-refractivity contribution in [2.24, 2.45) is 0 Å². The Morgan fingerprint density at radius 3 is 1.45 bits per heavy atom. The number of rotatable bonds is 9. The van der Waals surface area contributed by atoms with Crippen molar-refractivity contribution < 1.29 is 13.0 Å². The van der Waals surface area contributed by atoms with Gasteiger partial charge in [-0.2, -0.15) is 8.42 Å². The molecule has 3 nitrogen and oxygen atoms in total. The van der Waals surface area contributed by atoms with Crippen molar-refractivity contribution in [3.63, 3.8) is 0 Å². The van der Waals surface area contributed by atoms with Crippen LogP contribution in [-0.4, -0.2) is 13.0 Å². The summed E-state index contributed by atoms with van der Waals surface area (Å²) in [6.07, 6.45) is 13.0. The third-order valence-corrected chi connectivity index (χ3v) is 4.39. The van der Waals surface area contributed by atoms with E-state index < -0.39 is 10.1 Å². The number of benzene rings is 1. The van der Waals surface area contributed by atoms with Crippen LogP contribution in [0.5, 0.6) is 0 Å². The fourth-order valence-electron chi connectivity index (χ4n) is 2.09. The third kappa shape index (κ3) is 11.8. The molecule has 0 fully saturated rings. The lowest BCUT2D eigenvalue weighted by Gasteiger charge is -1.98. The number of unbranched alkanes of at least 4 members (excludes halogenated alkanes) is 8. The maximum Gasteiger partial charge on any atom is 0.294 e. The van der Waals surface area contributed by atoms with Gasteiger partial charge in [0.1, 0.15) is 0 Å². The Kier molecular flexibility index (Phi) is 12.2. The van der Waals surface area contributed by atoms with Crippen molar-refractivity contribution in [1.82, 2.24) is 0 Å². The van der Waals surface area contributed by atoms with Crippen molar-refractivity contribution in [2.45, 2.75) is 83.5 Å². The largest absolute Gasteiger partial charge is 0.294 e. The molecule has 1 aromatic rings. The minimum atomic E-state index is -4.02. The molecule has 1 rings (SSSR count). The van der Waals surface area contributed by atoms with E-state index in [1.54, 1.807) is 12.1 Å². The van der Waals surface area contributed by atoms with E-state index in [9.17, 15) is 8.42 Å². The molecule has 0 aliphatic heterocycles. The Morgan fingerprint density at radius 2 is 1.14 bits per heavy atom. The van der Waals surface area contributed by atoms with Gasteiger partial charge < -0.3 is 0 Å². The van der Waals surface area contributed by atoms with Gasteiger partial charge in [-0.1, -0.05) is 89.3 Å². The molecule has 22 heavy (non-hydrogen) atoms. The first kappa shape index (κ1) is 21.1. The van der Waals surface area contributed by atoms with E-state index in [0.717, 1.165) is 5.56 Å². The van der Waals surface area contributed by atoms with E-state index in [-0.39, 0.29) is 4.90 Å². The van der Waals surface area contributed by atoms with E-state index in [1.165, 1.54) is 69.9 Å². The SMILES string of the molecule is CCCCCCCCCCC.Cc1ccc(S(=O)(=O)O)cc1. The minimum Gasteiger partial charge on any atom is -0.282 e. The lowest BCUT2D eigenvalue weighted by Crippen LogP contribution is -1.96. The van der Waals surface area contributed by atoms with Crippen LogP contribution in [0, 0.1) is 6.92 Å². The Balaban J connectivity index is 0.000000401. The molecule has 4 heteroatoms. The van der Waals surface area contributed by atoms with E-state index in [0.29, 0.717) is 0 Å². The van der Waals surface area contributed by atoms with Gasteiger partial charge >= 0.3 is 0 Å². The summed E-state index contributed by atoms with van der Waals surface area (Å²) in [6, 6.07) is 5.99. The quantitative estimate of drug-likeness (QED) is 0.462. The van der Waals surface area contributed by atoms with Gasteiger partial charge in [-0.15, -0.1) is 0 Å². The van der Waals surface area contributed by atoms with Crippen LogP contribution in [0.1, 0.15) is 77.2 Å². The van der Waals surface area contributed by atoms with Crippen LogP contribution in [-0.2, 0) is 10.1 Å². The molecule has 0 unspecified atom stereocenters. The first-order valence-corrected chi connectivity index (χ1v) is 9.90. The van der Waals surface area contributed by atoms with E-state index in [4.69, 9.17) is 4.55 Å². The van der Waals surface area contributed by atoms with Crippen LogP contribution in [0.2, 0.25) is 0 Å². The summed E-state index contributed by atoms with van der Waals surface area (Å²) in [5, 5.41) is 0. The predicted molar refractivity (Wildman–Crippen MR) is 93.9 cm³/mol. The summed E-state index contributed by atoms with van der Waals surface area (Å²) in [5.41, 5.74) is 0.956. The van der Waals surface area contributed by atoms with Gasteiger partial charge in [0.2, 0.25) is 0 Å². The highest BCUT2D eigenvalue weighted by atomic mass is 32.2. The number of hydrogen-bond donors (Lipinski definition) is 1. The van der Waals surface area contributed by atoms with Crippen LogP contribution in [0.15, 0.2) is 29.2 Å². The molecule has 1 N–H and O–H groups in total. The third-order valence-electron chi connectivity index (χ3n) is 3.53. The van der Waals surface area contributed by atoms with Gasteiger partial charge in [-0.05, 0) is 19.1 Å². The summed E-state index contributed by atoms with van der Waals surface area (Å²) in [4.78, 5) is -0.0666. The highest BCUT2D eigenvalue weighted by Gasteiger charge is 2.06. The minimum absolute atomic E-state index is 0.0666. The second-order valence-electron chi connectivity index (χ2n) is 5.76. The normalized spacial score (nSPS) is 10.9. The molecule has 128 valence electrons. The molecule has 0 saturated carbocycles. The topological polar surface area (TPSA) is 54.4 Å². The van der Waals surface area contributed by atoms with Crippen LogP contribution < -0.4 is 0 Å². The van der Waals surface area contributed by atoms with Crippen molar-refractivity contribution >= 4 is 10.1 Å². The molecular formula is C18H32O3S. The van der Waals surface area contributed by atoms with Crippen LogP contribution >= 0.6 is 0 Å². The summed E-state index contributed by atoms with van der Waals surface area (Å²) < 4.78 is 29.6. The first-order chi connectivity index (χ1) is 10.4. The van der Waals surface area contributed by atoms with Crippen LogP contribution in [0.3, 0.4) is 0 Å². The monoisotopic (exact) mass is 328 g/mol. The standard InChI is InChI=1S/C11H24.C7H8O3S/c1-3-5-7-9-11-10-8-6-4-2;1-6-2-4-7(5-3-6)11(8,9)10/h3-11H2,1-2H3;2-5H,1H3,(H,8,9,10). The lowest BCUT2D eigenvalue weighted by atomic mass is 10.1. The molecule has 0 saturated heterocycles. The summed E-state index contributed by atoms with van der Waals surface area (Å²) >= 11 is 0. The highest BCUT2D eigenvalue weighted by molar-refractivity contribution is 7.85. The Labute approximate surface area is 136 Å². The second kappa shape index (κ2) is 12.7. The molecule has 0 aliphatic rings. The molecule has 0 bridgehead atoms. The predicted octanol–water partition coefficient (Wildman–Crippen LogP) is 5.78. The number of hydrogen-bond acceptors (Lipinski definition) is 2. The molecule has 0 heterocycles. The van der Waals surface area contributed by atoms with Crippen LogP contribution in [0.4, 0.5) is 0 Å². The zero-order valence-electron chi connectivity index (χ0n) is 14.3. The van der Waals surface area contributed by atoms with Crippen molar-refractivity contribution in [2.75, 3.05) is 0 Å². The zero-order valence-corrected chi connectivity index (χ0v) is 15.2. The first-order valence-electron chi connectivity index (χ1n) is 8.46. The molecular weight excluding hydrogens is 296 g/mol. The summed E-state index contributed by atoms with van der Waals surface area (Å²) in [7, 11) is -4.02. The Hall–Kier alpha value is -0.870. The average molecular weight is 329 g/mol. The van der Waals surface area contributed by atoms with Gasteiger partial charge in [-0.25, -0.2) is 0 Å². The zero-order chi connectivity index (χ0) is 16.8. The van der Waals surface area contributed by atoms with E-state index >= 15 is 0 Å². The molecule has 0 spiro atoms. The van der Waals surface area contributed by atoms with Gasteiger partial charge in [0.15, 0.2) is 0 Å². The van der Waals surface area contributed by atoms with Crippen molar-refractivity contribution in [3.8, 4) is 0 Å². The summed E-state index contributed by atoms with van der Waals surface area (Å²) in [6.45, 7) is 6.39. The Morgan fingerprint density at radius 1 is 0.773 bits per heavy atom. The van der Waals surface area contributed by atoms with Gasteiger partial charge in [-0.3, -0.25) is 4.55 Å². The highest BCUT2D eigenvalue weighted by Crippen LogP contribution is 2.09. The van der Waals surface area contributed by atoms with E-state index in [2.05, 4.69) is 13.8 Å². The van der Waals surface area contributed by atoms with Gasteiger partial charge in [0.25, 0.3) is 10.1 Å². The van der Waals surface area contributed by atoms with Gasteiger partial charge in [0, 0.05) is 0 Å². The molecule has 0 amide bonds. The Bertz CT molecular complexity index is 456. The van der Waals surface area contributed by atoms with E-state index in [1.807, 2.05) is 6.92 Å². The maximum atomic E-state index is 10.5. The van der Waals surface area contributed by atoms with Crippen LogP contribution in [0.25, 0.3) is 0 Å². The summed E-state index contributed by atoms with van der Waals surface area (Å²) in [5.74, 6) is 0. The molecule has 0 aliphatic carbocycles. The smallest absolute Gasteiger partial charge is 0.282 e. The molecule has 0 radical (unpaired) electrons. The fraction of sp³-hybridized carbons (Fsp3) is 0.667. The van der Waals surface area contributed by atoms with Gasteiger partial charge in [0.05, 0.1) is 4.90 Å². The molecule has 1 aromatic carbocycles. The fourth-order valence-corrected chi connectivity index (χ4v) is 2.57. The lowest BCUT2D eigenvalue weighted by molar-refractivity contribution is 0.483. The van der Waals surface area contributed by atoms with Crippen molar-refractivity contribution in [3.05, 3.63) is 29.8 Å². The maximum absolute atomic E-state index is 10.5. The molecule has 0 atom stereocenters. The van der Waals surface area contributed by atoms with Crippen molar-refractivity contribution in [1.29, 1.82) is 0 Å². The second-order valence-corrected chi connectivity index (χ2v) is 7.18. The number of aryl methyl sites for hydroxylation is 1.